The molecule has 0 aliphatic carbocycles. The van der Waals surface area contributed by atoms with Crippen molar-refractivity contribution in [3.63, 3.8) is 0 Å². The Morgan fingerprint density at radius 2 is 2.10 bits per heavy atom. The van der Waals surface area contributed by atoms with Gasteiger partial charge in [-0.05, 0) is 39.5 Å². The van der Waals surface area contributed by atoms with Gasteiger partial charge in [-0.25, -0.2) is 13.1 Å². The van der Waals surface area contributed by atoms with Gasteiger partial charge in [0.1, 0.15) is 0 Å². The first-order valence-electron chi connectivity index (χ1n) is 6.50. The number of amides is 1. The summed E-state index contributed by atoms with van der Waals surface area (Å²) >= 11 is 3.21. The summed E-state index contributed by atoms with van der Waals surface area (Å²) in [6.45, 7) is 3.56. The van der Waals surface area contributed by atoms with E-state index in [1.807, 2.05) is 13.8 Å². The molecule has 1 aliphatic heterocycles. The van der Waals surface area contributed by atoms with Crippen molar-refractivity contribution < 1.29 is 18.3 Å². The minimum Gasteiger partial charge on any atom is -0.391 e. The predicted molar refractivity (Wildman–Crippen MR) is 82.5 cm³/mol. The van der Waals surface area contributed by atoms with Crippen LogP contribution in [0.15, 0.2) is 21.5 Å². The fraction of sp³-hybridized carbons (Fsp3) is 0.462. The van der Waals surface area contributed by atoms with Crippen LogP contribution in [0.5, 0.6) is 0 Å². The van der Waals surface area contributed by atoms with Gasteiger partial charge in [0.15, 0.2) is 0 Å². The summed E-state index contributed by atoms with van der Waals surface area (Å²) in [6, 6.07) is 3.05. The maximum Gasteiger partial charge on any atom is 0.241 e. The first-order valence-corrected chi connectivity index (χ1v) is 8.78. The van der Waals surface area contributed by atoms with Crippen molar-refractivity contribution >= 4 is 37.5 Å². The first kappa shape index (κ1) is 16.4. The van der Waals surface area contributed by atoms with Gasteiger partial charge < -0.3 is 10.4 Å². The van der Waals surface area contributed by atoms with Crippen molar-refractivity contribution in [2.75, 3.05) is 11.9 Å². The fourth-order valence-corrected chi connectivity index (χ4v) is 4.08. The zero-order chi connectivity index (χ0) is 15.8. The lowest BCUT2D eigenvalue weighted by Crippen LogP contribution is -2.34. The number of carbonyl (C=O) groups excluding carboxylic acids is 1. The number of aliphatic hydroxyl groups is 1. The van der Waals surface area contributed by atoms with Crippen molar-refractivity contribution in [3.8, 4) is 0 Å². The summed E-state index contributed by atoms with van der Waals surface area (Å²) in [5.41, 5.74) is 1.26. The highest BCUT2D eigenvalue weighted by Gasteiger charge is 2.25. The van der Waals surface area contributed by atoms with E-state index in [1.165, 1.54) is 6.07 Å². The van der Waals surface area contributed by atoms with Gasteiger partial charge in [0.2, 0.25) is 15.9 Å². The fourth-order valence-electron chi connectivity index (χ4n) is 1.94. The van der Waals surface area contributed by atoms with Crippen LogP contribution >= 0.6 is 15.9 Å². The molecule has 1 heterocycles. The average Bonchev–Trinajstić information content (AvgIpc) is 2.73. The topological polar surface area (TPSA) is 95.5 Å². The highest BCUT2D eigenvalue weighted by molar-refractivity contribution is 9.10. The number of fused-ring (bicyclic) bond motifs is 1. The van der Waals surface area contributed by atoms with Crippen molar-refractivity contribution in [3.05, 3.63) is 22.2 Å². The summed E-state index contributed by atoms with van der Waals surface area (Å²) in [7, 11) is -3.75. The Morgan fingerprint density at radius 1 is 1.43 bits per heavy atom. The molecule has 21 heavy (non-hydrogen) atoms. The smallest absolute Gasteiger partial charge is 0.241 e. The molecular weight excluding hydrogens is 360 g/mol. The molecule has 0 bridgehead atoms. The number of nitrogens with one attached hydrogen (secondary N) is 2. The maximum absolute atomic E-state index is 12.3. The number of benzene rings is 1. The van der Waals surface area contributed by atoms with Crippen molar-refractivity contribution in [1.82, 2.24) is 4.72 Å². The molecule has 8 heteroatoms. The Morgan fingerprint density at radius 3 is 2.71 bits per heavy atom. The predicted octanol–water partition coefficient (Wildman–Crippen LogP) is 1.24. The zero-order valence-electron chi connectivity index (χ0n) is 11.7. The lowest BCUT2D eigenvalue weighted by atomic mass is 10.1. The molecule has 1 aromatic carbocycles. The Bertz CT molecular complexity index is 673. The van der Waals surface area contributed by atoms with Gasteiger partial charge in [-0.15, -0.1) is 0 Å². The van der Waals surface area contributed by atoms with E-state index in [4.69, 9.17) is 0 Å². The van der Waals surface area contributed by atoms with Gasteiger partial charge in [-0.3, -0.25) is 4.79 Å². The summed E-state index contributed by atoms with van der Waals surface area (Å²) in [5.74, 6) is -0.201. The van der Waals surface area contributed by atoms with Crippen molar-refractivity contribution in [2.24, 2.45) is 5.92 Å². The number of anilines is 1. The minimum atomic E-state index is -3.75. The van der Waals surface area contributed by atoms with E-state index in [2.05, 4.69) is 26.0 Å². The summed E-state index contributed by atoms with van der Waals surface area (Å²) < 4.78 is 27.4. The largest absolute Gasteiger partial charge is 0.391 e. The standard InChI is InChI=1S/C13H17BrN2O4S/c1-7(2)11(17)6-15-21(19,20)12-3-8-4-13(18)16-10(8)5-9(12)14/h3,5,7,11,15,17H,4,6H2,1-2H3,(H,16,18). The monoisotopic (exact) mass is 376 g/mol. The molecule has 0 aromatic heterocycles. The van der Waals surface area contributed by atoms with Crippen LogP contribution in [0, 0.1) is 5.92 Å². The molecule has 1 aliphatic rings. The molecule has 2 rings (SSSR count). The Kier molecular flexibility index (Phi) is 4.72. The van der Waals surface area contributed by atoms with Crippen LogP contribution in [-0.4, -0.2) is 32.1 Å². The minimum absolute atomic E-state index is 0.0435. The molecule has 0 saturated carbocycles. The lowest BCUT2D eigenvalue weighted by Gasteiger charge is -2.16. The number of hydrogen-bond acceptors (Lipinski definition) is 4. The van der Waals surface area contributed by atoms with Crippen LogP contribution < -0.4 is 10.0 Å². The van der Waals surface area contributed by atoms with Crippen LogP contribution in [0.25, 0.3) is 0 Å². The molecule has 1 amide bonds. The Balaban J connectivity index is 2.25. The molecule has 3 N–H and O–H groups in total. The van der Waals surface area contributed by atoms with Crippen LogP contribution in [-0.2, 0) is 21.2 Å². The second-order valence-corrected chi connectivity index (χ2v) is 7.92. The second-order valence-electron chi connectivity index (χ2n) is 5.33. The van der Waals surface area contributed by atoms with Crippen LogP contribution in [0.1, 0.15) is 19.4 Å². The van der Waals surface area contributed by atoms with E-state index in [-0.39, 0.29) is 29.7 Å². The van der Waals surface area contributed by atoms with Crippen LogP contribution in [0.2, 0.25) is 0 Å². The van der Waals surface area contributed by atoms with E-state index < -0.39 is 16.1 Å². The lowest BCUT2D eigenvalue weighted by molar-refractivity contribution is -0.115. The van der Waals surface area contributed by atoms with Crippen molar-refractivity contribution in [2.45, 2.75) is 31.3 Å². The van der Waals surface area contributed by atoms with Gasteiger partial charge in [-0.2, -0.15) is 0 Å². The van der Waals surface area contributed by atoms with E-state index in [1.54, 1.807) is 6.07 Å². The third-order valence-electron chi connectivity index (χ3n) is 3.32. The molecular formula is C13H17BrN2O4S. The molecule has 0 fully saturated rings. The normalized spacial score (nSPS) is 16.0. The molecule has 0 saturated heterocycles. The summed E-state index contributed by atoms with van der Waals surface area (Å²) in [5, 5.41) is 12.4. The summed E-state index contributed by atoms with van der Waals surface area (Å²) in [4.78, 5) is 11.4. The number of halogens is 1. The third kappa shape index (κ3) is 3.63. The third-order valence-corrected chi connectivity index (χ3v) is 5.71. The SMILES string of the molecule is CC(C)C(O)CNS(=O)(=O)c1cc2c(cc1Br)NC(=O)C2. The first-order chi connectivity index (χ1) is 9.70. The van der Waals surface area contributed by atoms with Gasteiger partial charge in [0.05, 0.1) is 17.4 Å². The van der Waals surface area contributed by atoms with Gasteiger partial charge in [0.25, 0.3) is 0 Å². The Hall–Kier alpha value is -0.960. The molecule has 1 aromatic rings. The highest BCUT2D eigenvalue weighted by atomic mass is 79.9. The molecule has 0 radical (unpaired) electrons. The van der Waals surface area contributed by atoms with Gasteiger partial charge >= 0.3 is 0 Å². The molecule has 116 valence electrons. The quantitative estimate of drug-likeness (QED) is 0.720. The number of hydrogen-bond donors (Lipinski definition) is 3. The van der Waals surface area contributed by atoms with E-state index >= 15 is 0 Å². The van der Waals surface area contributed by atoms with Gasteiger partial charge in [0, 0.05) is 16.7 Å². The molecule has 1 atom stereocenters. The molecule has 0 spiro atoms. The zero-order valence-corrected chi connectivity index (χ0v) is 14.1. The summed E-state index contributed by atoms with van der Waals surface area (Å²) in [6.07, 6.45) is -0.587. The molecule has 6 nitrogen and oxygen atoms in total. The van der Waals surface area contributed by atoms with E-state index in [0.717, 1.165) is 0 Å². The van der Waals surface area contributed by atoms with Gasteiger partial charge in [-0.1, -0.05) is 13.8 Å². The number of sulfonamides is 1. The van der Waals surface area contributed by atoms with E-state index in [9.17, 15) is 18.3 Å². The van der Waals surface area contributed by atoms with Crippen LogP contribution in [0.3, 0.4) is 0 Å². The van der Waals surface area contributed by atoms with Crippen molar-refractivity contribution in [1.29, 1.82) is 0 Å². The van der Waals surface area contributed by atoms with E-state index in [0.29, 0.717) is 15.7 Å². The average molecular weight is 377 g/mol. The Labute approximate surface area is 132 Å². The maximum atomic E-state index is 12.3. The molecule has 1 unspecified atom stereocenters. The number of carbonyl (C=O) groups is 1. The number of rotatable bonds is 5. The second kappa shape index (κ2) is 6.04. The van der Waals surface area contributed by atoms with Crippen LogP contribution in [0.4, 0.5) is 5.69 Å². The number of aliphatic hydroxyl groups excluding tert-OH is 1. The highest BCUT2D eigenvalue weighted by Crippen LogP contribution is 2.32.